The number of carbonyl (C=O) groups is 1. The molecular formula is C8H10ClNO3S. The molecule has 0 aromatic heterocycles. The molecular weight excluding hydrogens is 226 g/mol. The number of amides is 1. The fraction of sp³-hybridized carbons (Fsp3) is 0.625. The Morgan fingerprint density at radius 2 is 2.21 bits per heavy atom. The van der Waals surface area contributed by atoms with E-state index < -0.39 is 14.3 Å². The molecule has 1 fully saturated rings. The summed E-state index contributed by atoms with van der Waals surface area (Å²) in [4.78, 5) is 12.8. The number of hydrogen-bond donors (Lipinski definition) is 0. The Morgan fingerprint density at radius 1 is 1.57 bits per heavy atom. The molecule has 1 saturated carbocycles. The van der Waals surface area contributed by atoms with Gasteiger partial charge in [0, 0.05) is 29.7 Å². The smallest absolute Gasteiger partial charge is 0.246 e. The van der Waals surface area contributed by atoms with E-state index in [1.165, 1.54) is 6.08 Å². The van der Waals surface area contributed by atoms with Gasteiger partial charge in [-0.25, -0.2) is 8.42 Å². The fourth-order valence-corrected chi connectivity index (χ4v) is 3.70. The van der Waals surface area contributed by atoms with Crippen molar-refractivity contribution in [2.45, 2.75) is 17.7 Å². The number of carbonyl (C=O) groups excluding carboxylic acids is 1. The molecule has 6 heteroatoms. The van der Waals surface area contributed by atoms with E-state index in [1.807, 2.05) is 0 Å². The predicted octanol–water partition coefficient (Wildman–Crippen LogP) is 0.340. The van der Waals surface area contributed by atoms with Gasteiger partial charge in [0.1, 0.15) is 0 Å². The highest BCUT2D eigenvalue weighted by molar-refractivity contribution is 8.14. The first kappa shape index (κ1) is 9.98. The minimum atomic E-state index is -3.49. The molecule has 3 atom stereocenters. The number of fused-ring (bicyclic) bond motifs is 1. The van der Waals surface area contributed by atoms with Gasteiger partial charge in [-0.1, -0.05) is 6.08 Å². The first-order valence-electron chi connectivity index (χ1n) is 4.29. The highest BCUT2D eigenvalue weighted by atomic mass is 35.7. The Bertz CT molecular complexity index is 403. The SMILES string of the molecule is CN1C(=O)C=C[C@@H]2[C@H]1C[C@H]2S(=O)(=O)Cl. The van der Waals surface area contributed by atoms with Crippen molar-refractivity contribution in [3.63, 3.8) is 0 Å². The fourth-order valence-electron chi connectivity index (χ4n) is 2.05. The van der Waals surface area contributed by atoms with Crippen LogP contribution in [0.5, 0.6) is 0 Å². The standard InChI is InChI=1S/C8H10ClNO3S/c1-10-6-4-7(14(9,12)13)5(6)2-3-8(10)11/h2-3,5-7H,4H2,1H3/t5-,6-,7-/m1/s1. The zero-order valence-electron chi connectivity index (χ0n) is 7.55. The van der Waals surface area contributed by atoms with Gasteiger partial charge in [-0.2, -0.15) is 0 Å². The molecule has 2 aliphatic rings. The summed E-state index contributed by atoms with van der Waals surface area (Å²) in [6.45, 7) is 0. The molecule has 1 heterocycles. The maximum absolute atomic E-state index is 11.2. The lowest BCUT2D eigenvalue weighted by atomic mass is 9.76. The van der Waals surface area contributed by atoms with Gasteiger partial charge >= 0.3 is 0 Å². The second-order valence-electron chi connectivity index (χ2n) is 3.70. The molecule has 1 aliphatic carbocycles. The van der Waals surface area contributed by atoms with Gasteiger partial charge in [-0.3, -0.25) is 4.79 Å². The van der Waals surface area contributed by atoms with Crippen molar-refractivity contribution in [1.82, 2.24) is 4.90 Å². The summed E-state index contributed by atoms with van der Waals surface area (Å²) in [6.07, 6.45) is 3.51. The number of nitrogens with zero attached hydrogens (tertiary/aromatic N) is 1. The third-order valence-electron chi connectivity index (χ3n) is 3.02. The Balaban J connectivity index is 2.24. The first-order valence-corrected chi connectivity index (χ1v) is 6.67. The van der Waals surface area contributed by atoms with E-state index in [0.29, 0.717) is 6.42 Å². The molecule has 0 bridgehead atoms. The third-order valence-corrected chi connectivity index (χ3v) is 4.93. The van der Waals surface area contributed by atoms with Crippen LogP contribution in [0, 0.1) is 5.92 Å². The van der Waals surface area contributed by atoms with Crippen LogP contribution in [0.15, 0.2) is 12.2 Å². The lowest BCUT2D eigenvalue weighted by Crippen LogP contribution is -2.58. The number of rotatable bonds is 1. The van der Waals surface area contributed by atoms with Gasteiger partial charge in [-0.05, 0) is 12.5 Å². The van der Waals surface area contributed by atoms with Crippen LogP contribution in [-0.4, -0.2) is 37.6 Å². The molecule has 2 rings (SSSR count). The highest BCUT2D eigenvalue weighted by Crippen LogP contribution is 2.41. The van der Waals surface area contributed by atoms with E-state index in [1.54, 1.807) is 18.0 Å². The molecule has 0 spiro atoms. The molecule has 4 nitrogen and oxygen atoms in total. The zero-order chi connectivity index (χ0) is 10.5. The van der Waals surface area contributed by atoms with Gasteiger partial charge < -0.3 is 4.90 Å². The molecule has 0 radical (unpaired) electrons. The Hall–Kier alpha value is -0.550. The van der Waals surface area contributed by atoms with E-state index in [0.717, 1.165) is 0 Å². The van der Waals surface area contributed by atoms with Gasteiger partial charge in [-0.15, -0.1) is 0 Å². The topological polar surface area (TPSA) is 54.5 Å². The normalized spacial score (nSPS) is 36.6. The van der Waals surface area contributed by atoms with Crippen molar-refractivity contribution in [3.05, 3.63) is 12.2 Å². The van der Waals surface area contributed by atoms with Crippen LogP contribution >= 0.6 is 10.7 Å². The van der Waals surface area contributed by atoms with Crippen LogP contribution in [0.3, 0.4) is 0 Å². The van der Waals surface area contributed by atoms with Crippen LogP contribution in [0.2, 0.25) is 0 Å². The van der Waals surface area contributed by atoms with Crippen molar-refractivity contribution in [2.75, 3.05) is 7.05 Å². The monoisotopic (exact) mass is 235 g/mol. The second-order valence-corrected chi connectivity index (χ2v) is 6.55. The molecule has 0 aromatic carbocycles. The van der Waals surface area contributed by atoms with Crippen LogP contribution in [0.1, 0.15) is 6.42 Å². The van der Waals surface area contributed by atoms with Crippen LogP contribution < -0.4 is 0 Å². The summed E-state index contributed by atoms with van der Waals surface area (Å²) in [5.41, 5.74) is 0. The molecule has 1 aliphatic heterocycles. The molecule has 0 N–H and O–H groups in total. The van der Waals surface area contributed by atoms with E-state index in [4.69, 9.17) is 10.7 Å². The second kappa shape index (κ2) is 2.97. The third kappa shape index (κ3) is 1.35. The Kier molecular flexibility index (Phi) is 2.12. The lowest BCUT2D eigenvalue weighted by Gasteiger charge is -2.47. The van der Waals surface area contributed by atoms with Gasteiger partial charge in [0.15, 0.2) is 0 Å². The minimum Gasteiger partial charge on any atom is -0.339 e. The molecule has 0 saturated heterocycles. The van der Waals surface area contributed by atoms with Crippen LogP contribution in [-0.2, 0) is 13.8 Å². The van der Waals surface area contributed by atoms with Crippen molar-refractivity contribution in [1.29, 1.82) is 0 Å². The van der Waals surface area contributed by atoms with E-state index >= 15 is 0 Å². The molecule has 1 amide bonds. The first-order chi connectivity index (χ1) is 6.41. The van der Waals surface area contributed by atoms with E-state index in [9.17, 15) is 13.2 Å². The maximum atomic E-state index is 11.2. The van der Waals surface area contributed by atoms with Crippen molar-refractivity contribution in [2.24, 2.45) is 5.92 Å². The lowest BCUT2D eigenvalue weighted by molar-refractivity contribution is -0.130. The van der Waals surface area contributed by atoms with E-state index in [2.05, 4.69) is 0 Å². The van der Waals surface area contributed by atoms with Crippen molar-refractivity contribution < 1.29 is 13.2 Å². The summed E-state index contributed by atoms with van der Waals surface area (Å²) in [6, 6.07) is 0.00558. The maximum Gasteiger partial charge on any atom is 0.246 e. The quantitative estimate of drug-likeness (QED) is 0.616. The summed E-state index contributed by atoms with van der Waals surface area (Å²) in [5.74, 6) is -0.197. The van der Waals surface area contributed by atoms with E-state index in [-0.39, 0.29) is 17.9 Å². The number of hydrogen-bond acceptors (Lipinski definition) is 3. The average molecular weight is 236 g/mol. The van der Waals surface area contributed by atoms with Crippen LogP contribution in [0.25, 0.3) is 0 Å². The van der Waals surface area contributed by atoms with Gasteiger partial charge in [0.05, 0.1) is 5.25 Å². The average Bonchev–Trinajstić information content (AvgIpc) is 1.97. The zero-order valence-corrected chi connectivity index (χ0v) is 9.12. The molecule has 0 aromatic rings. The summed E-state index contributed by atoms with van der Waals surface area (Å²) < 4.78 is 22.2. The van der Waals surface area contributed by atoms with Crippen molar-refractivity contribution >= 4 is 25.6 Å². The number of halogens is 1. The summed E-state index contributed by atoms with van der Waals surface area (Å²) >= 11 is 0. The largest absolute Gasteiger partial charge is 0.339 e. The van der Waals surface area contributed by atoms with Gasteiger partial charge in [0.25, 0.3) is 0 Å². The molecule has 78 valence electrons. The van der Waals surface area contributed by atoms with Crippen molar-refractivity contribution in [3.8, 4) is 0 Å². The highest BCUT2D eigenvalue weighted by Gasteiger charge is 2.50. The minimum absolute atomic E-state index is 0.00558. The van der Waals surface area contributed by atoms with Crippen LogP contribution in [0.4, 0.5) is 0 Å². The van der Waals surface area contributed by atoms with Gasteiger partial charge in [0.2, 0.25) is 15.0 Å². The molecule has 14 heavy (non-hydrogen) atoms. The summed E-state index contributed by atoms with van der Waals surface area (Å²) in [7, 11) is 3.46. The predicted molar refractivity (Wildman–Crippen MR) is 52.4 cm³/mol. The Labute approximate surface area is 86.9 Å². The number of likely N-dealkylation sites (N-methyl/N-ethyl adjacent to an activating group) is 1. The summed E-state index contributed by atoms with van der Waals surface area (Å²) in [5, 5.41) is -0.527. The molecule has 0 unspecified atom stereocenters. The Morgan fingerprint density at radius 3 is 2.79 bits per heavy atom.